The van der Waals surface area contributed by atoms with Gasteiger partial charge in [-0.2, -0.15) is 5.26 Å². The first kappa shape index (κ1) is 21.6. The number of unbranched alkanes of at least 4 members (excludes halogenated alkanes) is 1. The summed E-state index contributed by atoms with van der Waals surface area (Å²) in [5.74, 6) is 0.530. The number of rotatable bonds is 5. The van der Waals surface area contributed by atoms with Gasteiger partial charge in [-0.1, -0.05) is 6.92 Å². The molecule has 2 saturated heterocycles. The fourth-order valence-electron chi connectivity index (χ4n) is 4.90. The molecular weight excluding hydrogens is 394 g/mol. The second kappa shape index (κ2) is 9.67. The van der Waals surface area contributed by atoms with Gasteiger partial charge >= 0.3 is 6.03 Å². The standard InChI is InChI=1S/C23H31N5O3/c1-17-15-27(16-21(17)26-10-12-31-13-11-26)23(30)25-19-5-6-20-18(14-19)4-7-22(29)28(20)9-3-2-8-24/h5-6,14,17,21H,2-4,7,9-13,15-16H2,1H3,(H,25,30). The maximum Gasteiger partial charge on any atom is 0.321 e. The fourth-order valence-corrected chi connectivity index (χ4v) is 4.90. The summed E-state index contributed by atoms with van der Waals surface area (Å²) in [7, 11) is 0. The van der Waals surface area contributed by atoms with Crippen molar-refractivity contribution in [2.24, 2.45) is 5.92 Å². The van der Waals surface area contributed by atoms with Crippen molar-refractivity contribution in [2.75, 3.05) is 56.2 Å². The Morgan fingerprint density at radius 1 is 1.26 bits per heavy atom. The zero-order valence-electron chi connectivity index (χ0n) is 18.2. The number of hydrogen-bond donors (Lipinski definition) is 1. The van der Waals surface area contributed by atoms with Crippen LogP contribution < -0.4 is 10.2 Å². The minimum absolute atomic E-state index is 0.0691. The van der Waals surface area contributed by atoms with E-state index in [1.165, 1.54) is 0 Å². The molecule has 8 nitrogen and oxygen atoms in total. The van der Waals surface area contributed by atoms with Crippen LogP contribution in [-0.4, -0.2) is 73.7 Å². The highest BCUT2D eigenvalue weighted by molar-refractivity contribution is 5.97. The molecule has 1 N–H and O–H groups in total. The molecule has 0 radical (unpaired) electrons. The van der Waals surface area contributed by atoms with Gasteiger partial charge in [-0.05, 0) is 42.5 Å². The first-order valence-electron chi connectivity index (χ1n) is 11.2. The number of nitriles is 1. The lowest BCUT2D eigenvalue weighted by Crippen LogP contribution is -2.47. The van der Waals surface area contributed by atoms with Crippen LogP contribution in [0.4, 0.5) is 16.2 Å². The number of likely N-dealkylation sites (tertiary alicyclic amines) is 1. The van der Waals surface area contributed by atoms with E-state index in [2.05, 4.69) is 23.2 Å². The molecule has 3 aliphatic heterocycles. The van der Waals surface area contributed by atoms with Gasteiger partial charge in [-0.15, -0.1) is 0 Å². The van der Waals surface area contributed by atoms with Crippen molar-refractivity contribution >= 4 is 23.3 Å². The van der Waals surface area contributed by atoms with Crippen LogP contribution in [0.15, 0.2) is 18.2 Å². The third-order valence-corrected chi connectivity index (χ3v) is 6.58. The van der Waals surface area contributed by atoms with Crippen LogP contribution in [0.25, 0.3) is 0 Å². The third kappa shape index (κ3) is 4.83. The molecule has 2 unspecified atom stereocenters. The highest BCUT2D eigenvalue weighted by atomic mass is 16.5. The third-order valence-electron chi connectivity index (χ3n) is 6.58. The molecule has 2 fully saturated rings. The number of amides is 3. The Kier molecular flexibility index (Phi) is 6.73. The van der Waals surface area contributed by atoms with E-state index >= 15 is 0 Å². The Balaban J connectivity index is 1.39. The molecule has 4 rings (SSSR count). The van der Waals surface area contributed by atoms with Crippen LogP contribution in [0.3, 0.4) is 0 Å². The summed E-state index contributed by atoms with van der Waals surface area (Å²) in [5, 5.41) is 11.8. The van der Waals surface area contributed by atoms with Gasteiger partial charge < -0.3 is 19.9 Å². The van der Waals surface area contributed by atoms with Gasteiger partial charge in [0.1, 0.15) is 0 Å². The van der Waals surface area contributed by atoms with E-state index in [0.29, 0.717) is 44.2 Å². The zero-order valence-corrected chi connectivity index (χ0v) is 18.2. The maximum atomic E-state index is 12.9. The molecule has 1 aromatic rings. The number of nitrogens with one attached hydrogen (secondary N) is 1. The number of ether oxygens (including phenoxy) is 1. The lowest BCUT2D eigenvalue weighted by atomic mass is 10.00. The highest BCUT2D eigenvalue weighted by Gasteiger charge is 2.36. The first-order valence-corrected chi connectivity index (χ1v) is 11.2. The number of anilines is 2. The van der Waals surface area contributed by atoms with Crippen LogP contribution in [0.2, 0.25) is 0 Å². The van der Waals surface area contributed by atoms with Crippen molar-refractivity contribution in [1.82, 2.24) is 9.80 Å². The molecule has 8 heteroatoms. The van der Waals surface area contributed by atoms with E-state index in [1.807, 2.05) is 23.1 Å². The zero-order chi connectivity index (χ0) is 21.8. The second-order valence-corrected chi connectivity index (χ2v) is 8.68. The number of morpholine rings is 1. The number of urea groups is 1. The largest absolute Gasteiger partial charge is 0.379 e. The predicted molar refractivity (Wildman–Crippen MR) is 118 cm³/mol. The smallest absolute Gasteiger partial charge is 0.321 e. The van der Waals surface area contributed by atoms with Crippen molar-refractivity contribution in [3.63, 3.8) is 0 Å². The van der Waals surface area contributed by atoms with E-state index in [-0.39, 0.29) is 11.9 Å². The number of carbonyl (C=O) groups excluding carboxylic acids is 2. The highest BCUT2D eigenvalue weighted by Crippen LogP contribution is 2.31. The van der Waals surface area contributed by atoms with Crippen LogP contribution >= 0.6 is 0 Å². The minimum atomic E-state index is -0.0691. The Labute approximate surface area is 183 Å². The SMILES string of the molecule is CC1CN(C(=O)Nc2ccc3c(c2)CCC(=O)N3CCCC#N)CC1N1CCOCC1. The van der Waals surface area contributed by atoms with Gasteiger partial charge in [-0.3, -0.25) is 9.69 Å². The fraction of sp³-hybridized carbons (Fsp3) is 0.609. The summed E-state index contributed by atoms with van der Waals surface area (Å²) >= 11 is 0. The monoisotopic (exact) mass is 425 g/mol. The molecule has 0 aromatic heterocycles. The normalized spacial score (nSPS) is 24.1. The molecule has 0 aliphatic carbocycles. The van der Waals surface area contributed by atoms with Gasteiger partial charge in [0.2, 0.25) is 5.91 Å². The summed E-state index contributed by atoms with van der Waals surface area (Å²) in [6.07, 6.45) is 2.24. The topological polar surface area (TPSA) is 88.9 Å². The van der Waals surface area contributed by atoms with E-state index in [4.69, 9.17) is 10.00 Å². The predicted octanol–water partition coefficient (Wildman–Crippen LogP) is 2.45. The lowest BCUT2D eigenvalue weighted by Gasteiger charge is -2.34. The number of hydrogen-bond acceptors (Lipinski definition) is 5. The summed E-state index contributed by atoms with van der Waals surface area (Å²) in [6, 6.07) is 8.21. The van der Waals surface area contributed by atoms with Gasteiger partial charge in [0.15, 0.2) is 0 Å². The van der Waals surface area contributed by atoms with Crippen LogP contribution in [-0.2, 0) is 16.0 Å². The minimum Gasteiger partial charge on any atom is -0.379 e. The molecule has 31 heavy (non-hydrogen) atoms. The van der Waals surface area contributed by atoms with Gasteiger partial charge in [0, 0.05) is 63.0 Å². The number of carbonyl (C=O) groups is 2. The summed E-state index contributed by atoms with van der Waals surface area (Å²) in [6.45, 7) is 7.64. The quantitative estimate of drug-likeness (QED) is 0.732. The first-order chi connectivity index (χ1) is 15.1. The molecule has 166 valence electrons. The van der Waals surface area contributed by atoms with Crippen molar-refractivity contribution in [1.29, 1.82) is 5.26 Å². The van der Waals surface area contributed by atoms with Crippen LogP contribution in [0, 0.1) is 17.2 Å². The van der Waals surface area contributed by atoms with Gasteiger partial charge in [0.25, 0.3) is 0 Å². The Bertz CT molecular complexity index is 861. The average Bonchev–Trinajstić information content (AvgIpc) is 3.18. The Morgan fingerprint density at radius 2 is 2.06 bits per heavy atom. The average molecular weight is 426 g/mol. The number of fused-ring (bicyclic) bond motifs is 1. The molecular formula is C23H31N5O3. The number of aryl methyl sites for hydroxylation is 1. The van der Waals surface area contributed by atoms with E-state index in [9.17, 15) is 9.59 Å². The van der Waals surface area contributed by atoms with Crippen LogP contribution in [0.5, 0.6) is 0 Å². The molecule has 3 amide bonds. The Hall–Kier alpha value is -2.63. The Morgan fingerprint density at radius 3 is 2.84 bits per heavy atom. The molecule has 0 saturated carbocycles. The number of benzene rings is 1. The van der Waals surface area contributed by atoms with Crippen LogP contribution in [0.1, 0.15) is 31.7 Å². The molecule has 3 heterocycles. The van der Waals surface area contributed by atoms with E-state index in [0.717, 1.165) is 56.3 Å². The van der Waals surface area contributed by atoms with Crippen molar-refractivity contribution < 1.29 is 14.3 Å². The van der Waals surface area contributed by atoms with E-state index in [1.54, 1.807) is 4.90 Å². The van der Waals surface area contributed by atoms with E-state index < -0.39 is 0 Å². The summed E-state index contributed by atoms with van der Waals surface area (Å²) < 4.78 is 5.46. The second-order valence-electron chi connectivity index (χ2n) is 8.68. The summed E-state index contributed by atoms with van der Waals surface area (Å²) in [5.41, 5.74) is 2.72. The lowest BCUT2D eigenvalue weighted by molar-refractivity contribution is -0.118. The van der Waals surface area contributed by atoms with Crippen molar-refractivity contribution in [3.8, 4) is 6.07 Å². The van der Waals surface area contributed by atoms with Crippen molar-refractivity contribution in [2.45, 2.75) is 38.6 Å². The maximum absolute atomic E-state index is 12.9. The molecule has 0 bridgehead atoms. The molecule has 2 atom stereocenters. The van der Waals surface area contributed by atoms with Crippen molar-refractivity contribution in [3.05, 3.63) is 23.8 Å². The molecule has 1 aromatic carbocycles. The molecule has 0 spiro atoms. The number of nitrogens with zero attached hydrogens (tertiary/aromatic N) is 4. The summed E-state index contributed by atoms with van der Waals surface area (Å²) in [4.78, 5) is 31.4. The van der Waals surface area contributed by atoms with Gasteiger partial charge in [-0.25, -0.2) is 4.79 Å². The van der Waals surface area contributed by atoms with Gasteiger partial charge in [0.05, 0.1) is 19.3 Å². The molecule has 3 aliphatic rings.